The van der Waals surface area contributed by atoms with E-state index in [1.54, 1.807) is 0 Å². The van der Waals surface area contributed by atoms with Crippen LogP contribution in [0.5, 0.6) is 5.75 Å². The maximum absolute atomic E-state index is 5.96. The molecule has 1 aliphatic heterocycles. The van der Waals surface area contributed by atoms with Crippen LogP contribution in [0.4, 0.5) is 0 Å². The molecule has 0 aromatic heterocycles. The summed E-state index contributed by atoms with van der Waals surface area (Å²) in [7, 11) is 0. The van der Waals surface area contributed by atoms with Gasteiger partial charge < -0.3 is 10.5 Å². The summed E-state index contributed by atoms with van der Waals surface area (Å²) in [5.41, 5.74) is 7.31. The summed E-state index contributed by atoms with van der Waals surface area (Å²) >= 11 is 0. The van der Waals surface area contributed by atoms with E-state index in [2.05, 4.69) is 18.2 Å². The Morgan fingerprint density at radius 2 is 2.12 bits per heavy atom. The quantitative estimate of drug-likeness (QED) is 0.826. The first-order valence-electron chi connectivity index (χ1n) is 6.31. The van der Waals surface area contributed by atoms with Crippen LogP contribution in [0.2, 0.25) is 0 Å². The Balaban J connectivity index is 1.60. The molecule has 3 atom stereocenters. The molecule has 2 N–H and O–H groups in total. The number of fused-ring (bicyclic) bond motifs is 1. The lowest BCUT2D eigenvalue weighted by Gasteiger charge is -2.15. The summed E-state index contributed by atoms with van der Waals surface area (Å²) < 4.78 is 5.96. The normalized spacial score (nSPS) is 32.4. The van der Waals surface area contributed by atoms with Crippen LogP contribution in [0.25, 0.3) is 0 Å². The topological polar surface area (TPSA) is 35.2 Å². The SMILES string of the molecule is NC1CCC(CC2Cc3ccccc3O2)C1. The molecule has 1 aliphatic carbocycles. The maximum Gasteiger partial charge on any atom is 0.123 e. The van der Waals surface area contributed by atoms with Crippen molar-refractivity contribution in [2.24, 2.45) is 11.7 Å². The number of benzene rings is 1. The van der Waals surface area contributed by atoms with Crippen LogP contribution in [0.15, 0.2) is 24.3 Å². The summed E-state index contributed by atoms with van der Waals surface area (Å²) in [6.45, 7) is 0. The first-order chi connectivity index (χ1) is 7.81. The summed E-state index contributed by atoms with van der Waals surface area (Å²) in [5, 5.41) is 0. The zero-order chi connectivity index (χ0) is 11.0. The van der Waals surface area contributed by atoms with E-state index in [1.807, 2.05) is 6.07 Å². The van der Waals surface area contributed by atoms with E-state index in [4.69, 9.17) is 10.5 Å². The highest BCUT2D eigenvalue weighted by atomic mass is 16.5. The largest absolute Gasteiger partial charge is 0.490 e. The Morgan fingerprint density at radius 3 is 2.88 bits per heavy atom. The maximum atomic E-state index is 5.96. The van der Waals surface area contributed by atoms with Crippen LogP contribution in [0.3, 0.4) is 0 Å². The van der Waals surface area contributed by atoms with Gasteiger partial charge in [0.1, 0.15) is 11.9 Å². The lowest BCUT2D eigenvalue weighted by atomic mass is 9.97. The minimum absolute atomic E-state index is 0.396. The monoisotopic (exact) mass is 217 g/mol. The van der Waals surface area contributed by atoms with Gasteiger partial charge >= 0.3 is 0 Å². The van der Waals surface area contributed by atoms with Gasteiger partial charge in [0.05, 0.1) is 0 Å². The summed E-state index contributed by atoms with van der Waals surface area (Å²) in [6, 6.07) is 8.84. The van der Waals surface area contributed by atoms with Gasteiger partial charge in [-0.3, -0.25) is 0 Å². The predicted octanol–water partition coefficient (Wildman–Crippen LogP) is 2.51. The van der Waals surface area contributed by atoms with Crippen molar-refractivity contribution < 1.29 is 4.74 Å². The fourth-order valence-electron chi connectivity index (χ4n) is 3.08. The van der Waals surface area contributed by atoms with E-state index >= 15 is 0 Å². The molecule has 0 radical (unpaired) electrons. The van der Waals surface area contributed by atoms with E-state index in [9.17, 15) is 0 Å². The molecular weight excluding hydrogens is 198 g/mol. The summed E-state index contributed by atoms with van der Waals surface area (Å²) in [6.07, 6.45) is 6.34. The Morgan fingerprint density at radius 1 is 1.25 bits per heavy atom. The van der Waals surface area contributed by atoms with Crippen LogP contribution in [0, 0.1) is 5.92 Å². The molecule has 1 fully saturated rings. The molecular formula is C14H19NO. The van der Waals surface area contributed by atoms with Gasteiger partial charge in [-0.05, 0) is 43.2 Å². The second-order valence-corrected chi connectivity index (χ2v) is 5.23. The molecule has 2 heteroatoms. The number of hydrogen-bond donors (Lipinski definition) is 1. The van der Waals surface area contributed by atoms with E-state index in [-0.39, 0.29) is 0 Å². The van der Waals surface area contributed by atoms with Gasteiger partial charge in [0.15, 0.2) is 0 Å². The van der Waals surface area contributed by atoms with Crippen molar-refractivity contribution in [3.05, 3.63) is 29.8 Å². The average Bonchev–Trinajstić information content (AvgIpc) is 2.84. The molecule has 0 bridgehead atoms. The minimum atomic E-state index is 0.396. The molecule has 3 rings (SSSR count). The van der Waals surface area contributed by atoms with Gasteiger partial charge in [0.2, 0.25) is 0 Å². The zero-order valence-electron chi connectivity index (χ0n) is 9.56. The molecule has 16 heavy (non-hydrogen) atoms. The second-order valence-electron chi connectivity index (χ2n) is 5.23. The number of ether oxygens (including phenoxy) is 1. The molecule has 0 spiro atoms. The van der Waals surface area contributed by atoms with Crippen LogP contribution >= 0.6 is 0 Å². The van der Waals surface area contributed by atoms with Crippen LogP contribution in [0.1, 0.15) is 31.2 Å². The Hall–Kier alpha value is -1.02. The molecule has 3 unspecified atom stereocenters. The highest BCUT2D eigenvalue weighted by Gasteiger charge is 2.29. The van der Waals surface area contributed by atoms with Crippen molar-refractivity contribution >= 4 is 0 Å². The van der Waals surface area contributed by atoms with Gasteiger partial charge in [-0.2, -0.15) is 0 Å². The molecule has 1 saturated carbocycles. The van der Waals surface area contributed by atoms with Crippen molar-refractivity contribution in [1.29, 1.82) is 0 Å². The van der Waals surface area contributed by atoms with Crippen LogP contribution in [-0.2, 0) is 6.42 Å². The lowest BCUT2D eigenvalue weighted by molar-refractivity contribution is 0.194. The van der Waals surface area contributed by atoms with E-state index in [0.717, 1.165) is 18.1 Å². The van der Waals surface area contributed by atoms with Crippen LogP contribution in [-0.4, -0.2) is 12.1 Å². The fraction of sp³-hybridized carbons (Fsp3) is 0.571. The average molecular weight is 217 g/mol. The zero-order valence-corrected chi connectivity index (χ0v) is 9.56. The molecule has 86 valence electrons. The first-order valence-corrected chi connectivity index (χ1v) is 6.31. The minimum Gasteiger partial charge on any atom is -0.490 e. The van der Waals surface area contributed by atoms with E-state index in [1.165, 1.54) is 31.2 Å². The summed E-state index contributed by atoms with van der Waals surface area (Å²) in [4.78, 5) is 0. The Kier molecular flexibility index (Phi) is 2.60. The van der Waals surface area contributed by atoms with Gasteiger partial charge in [0, 0.05) is 12.5 Å². The van der Waals surface area contributed by atoms with Crippen molar-refractivity contribution in [2.45, 2.75) is 44.2 Å². The third-order valence-electron chi connectivity index (χ3n) is 3.89. The van der Waals surface area contributed by atoms with E-state index < -0.39 is 0 Å². The molecule has 1 aromatic carbocycles. The van der Waals surface area contributed by atoms with Crippen molar-refractivity contribution in [3.63, 3.8) is 0 Å². The number of nitrogens with two attached hydrogens (primary N) is 1. The molecule has 0 saturated heterocycles. The third kappa shape index (κ3) is 1.94. The van der Waals surface area contributed by atoms with Gasteiger partial charge in [-0.25, -0.2) is 0 Å². The number of rotatable bonds is 2. The lowest BCUT2D eigenvalue weighted by Crippen LogP contribution is -2.19. The Bertz CT molecular complexity index is 352. The van der Waals surface area contributed by atoms with Crippen molar-refractivity contribution in [3.8, 4) is 5.75 Å². The highest BCUT2D eigenvalue weighted by molar-refractivity contribution is 5.37. The second kappa shape index (κ2) is 4.10. The van der Waals surface area contributed by atoms with Gasteiger partial charge in [0.25, 0.3) is 0 Å². The highest BCUT2D eigenvalue weighted by Crippen LogP contribution is 2.35. The van der Waals surface area contributed by atoms with E-state index in [0.29, 0.717) is 12.1 Å². The standard InChI is InChI=1S/C14H19NO/c15-12-6-5-10(7-12)8-13-9-11-3-1-2-4-14(11)16-13/h1-4,10,12-13H,5-9,15H2. The Labute approximate surface area is 96.8 Å². The van der Waals surface area contributed by atoms with Gasteiger partial charge in [-0.15, -0.1) is 0 Å². The molecule has 1 aromatic rings. The number of hydrogen-bond acceptors (Lipinski definition) is 2. The van der Waals surface area contributed by atoms with Crippen molar-refractivity contribution in [1.82, 2.24) is 0 Å². The van der Waals surface area contributed by atoms with Gasteiger partial charge in [-0.1, -0.05) is 18.2 Å². The molecule has 0 amide bonds. The first kappa shape index (κ1) is 10.2. The smallest absolute Gasteiger partial charge is 0.123 e. The fourth-order valence-corrected chi connectivity index (χ4v) is 3.08. The van der Waals surface area contributed by atoms with Crippen LogP contribution < -0.4 is 10.5 Å². The number of para-hydroxylation sites is 1. The summed E-state index contributed by atoms with van der Waals surface area (Å²) in [5.74, 6) is 1.88. The molecule has 2 nitrogen and oxygen atoms in total. The van der Waals surface area contributed by atoms with Crippen molar-refractivity contribution in [2.75, 3.05) is 0 Å². The predicted molar refractivity (Wildman–Crippen MR) is 64.5 cm³/mol. The third-order valence-corrected chi connectivity index (χ3v) is 3.89. The molecule has 1 heterocycles. The molecule has 2 aliphatic rings.